The average molecular weight is 343 g/mol. The van der Waals surface area contributed by atoms with Gasteiger partial charge in [0.25, 0.3) is 0 Å². The number of halogens is 1. The van der Waals surface area contributed by atoms with Gasteiger partial charge < -0.3 is 10.8 Å². The summed E-state index contributed by atoms with van der Waals surface area (Å²) in [5.41, 5.74) is 6.78. The maximum Gasteiger partial charge on any atom is 0.313 e. The molecule has 0 aliphatic rings. The minimum Gasteiger partial charge on any atom is -0.481 e. The Kier molecular flexibility index (Phi) is 4.43. The molecule has 1 aromatic carbocycles. The molecule has 3 N–H and O–H groups in total. The Balaban J connectivity index is 2.19. The van der Waals surface area contributed by atoms with Crippen molar-refractivity contribution >= 4 is 39.6 Å². The third-order valence-electron chi connectivity index (χ3n) is 2.30. The van der Waals surface area contributed by atoms with Gasteiger partial charge in [-0.2, -0.15) is 0 Å². The van der Waals surface area contributed by atoms with Gasteiger partial charge in [0.15, 0.2) is 5.16 Å². The molecule has 19 heavy (non-hydrogen) atoms. The van der Waals surface area contributed by atoms with Gasteiger partial charge in [-0.3, -0.25) is 9.36 Å². The highest BCUT2D eigenvalue weighted by molar-refractivity contribution is 9.10. The van der Waals surface area contributed by atoms with E-state index in [-0.39, 0.29) is 11.7 Å². The molecule has 6 nitrogen and oxygen atoms in total. The van der Waals surface area contributed by atoms with Crippen molar-refractivity contribution in [2.24, 2.45) is 0 Å². The number of carbonyl (C=O) groups is 1. The maximum atomic E-state index is 10.6. The van der Waals surface area contributed by atoms with Crippen LogP contribution in [0.15, 0.2) is 33.9 Å². The Morgan fingerprint density at radius 2 is 2.26 bits per heavy atom. The van der Waals surface area contributed by atoms with Crippen LogP contribution in [-0.4, -0.2) is 31.6 Å². The number of benzene rings is 1. The third-order valence-corrected chi connectivity index (χ3v) is 3.74. The van der Waals surface area contributed by atoms with Gasteiger partial charge in [-0.1, -0.05) is 39.8 Å². The van der Waals surface area contributed by atoms with Crippen LogP contribution in [0, 0.1) is 0 Å². The Morgan fingerprint density at radius 3 is 2.95 bits per heavy atom. The number of aromatic nitrogens is 3. The van der Waals surface area contributed by atoms with Gasteiger partial charge in [0.2, 0.25) is 5.95 Å². The van der Waals surface area contributed by atoms with E-state index in [1.165, 1.54) is 0 Å². The molecule has 1 aromatic heterocycles. The molecule has 0 saturated carbocycles. The lowest BCUT2D eigenvalue weighted by molar-refractivity contribution is -0.133. The number of hydrogen-bond donors (Lipinski definition) is 2. The summed E-state index contributed by atoms with van der Waals surface area (Å²) in [7, 11) is 0. The molecule has 0 unspecified atom stereocenters. The van der Waals surface area contributed by atoms with E-state index in [1.54, 1.807) is 4.57 Å². The standard InChI is InChI=1S/C11H11BrN4O2S/c12-8-3-1-2-7(4-8)5-16-10(13)14-15-11(16)19-6-9(17)18/h1-4H,5-6H2,(H2,13,14)(H,17,18). The highest BCUT2D eigenvalue weighted by atomic mass is 79.9. The minimum atomic E-state index is -0.902. The van der Waals surface area contributed by atoms with E-state index in [9.17, 15) is 4.79 Å². The van der Waals surface area contributed by atoms with Gasteiger partial charge in [-0.15, -0.1) is 10.2 Å². The number of carboxylic acid groups (broad SMARTS) is 1. The average Bonchev–Trinajstić information content (AvgIpc) is 2.68. The molecule has 0 fully saturated rings. The molecule has 100 valence electrons. The number of thioether (sulfide) groups is 1. The summed E-state index contributed by atoms with van der Waals surface area (Å²) in [6, 6.07) is 7.77. The summed E-state index contributed by atoms with van der Waals surface area (Å²) in [5, 5.41) is 16.8. The van der Waals surface area contributed by atoms with Crippen LogP contribution in [0.4, 0.5) is 5.95 Å². The third kappa shape index (κ3) is 3.71. The van der Waals surface area contributed by atoms with E-state index < -0.39 is 5.97 Å². The van der Waals surface area contributed by atoms with Crippen LogP contribution in [0.3, 0.4) is 0 Å². The van der Waals surface area contributed by atoms with Crippen molar-refractivity contribution in [3.05, 3.63) is 34.3 Å². The molecule has 0 bridgehead atoms. The maximum absolute atomic E-state index is 10.6. The number of nitrogens with two attached hydrogens (primary N) is 1. The normalized spacial score (nSPS) is 10.6. The van der Waals surface area contributed by atoms with Crippen LogP contribution in [0.2, 0.25) is 0 Å². The summed E-state index contributed by atoms with van der Waals surface area (Å²) < 4.78 is 2.66. The zero-order valence-corrected chi connectivity index (χ0v) is 12.2. The van der Waals surface area contributed by atoms with E-state index in [0.717, 1.165) is 21.8 Å². The van der Waals surface area contributed by atoms with Gasteiger partial charge in [0, 0.05) is 4.47 Å². The minimum absolute atomic E-state index is 0.0728. The van der Waals surface area contributed by atoms with Crippen molar-refractivity contribution in [3.8, 4) is 0 Å². The van der Waals surface area contributed by atoms with E-state index >= 15 is 0 Å². The topological polar surface area (TPSA) is 94.0 Å². The number of nitrogens with zero attached hydrogens (tertiary/aromatic N) is 3. The lowest BCUT2D eigenvalue weighted by Crippen LogP contribution is -2.07. The number of carboxylic acids is 1. The van der Waals surface area contributed by atoms with Crippen LogP contribution in [0.5, 0.6) is 0 Å². The Morgan fingerprint density at radius 1 is 1.47 bits per heavy atom. The quantitative estimate of drug-likeness (QED) is 0.805. The lowest BCUT2D eigenvalue weighted by atomic mass is 10.2. The second-order valence-corrected chi connectivity index (χ2v) is 5.60. The van der Waals surface area contributed by atoms with E-state index in [2.05, 4.69) is 26.1 Å². The zero-order valence-electron chi connectivity index (χ0n) is 9.78. The van der Waals surface area contributed by atoms with Gasteiger partial charge in [-0.05, 0) is 17.7 Å². The molecular formula is C11H11BrN4O2S. The van der Waals surface area contributed by atoms with Crippen molar-refractivity contribution in [2.45, 2.75) is 11.7 Å². The first-order valence-electron chi connectivity index (χ1n) is 5.34. The van der Waals surface area contributed by atoms with Crippen molar-refractivity contribution in [3.63, 3.8) is 0 Å². The Hall–Kier alpha value is -1.54. The second-order valence-electron chi connectivity index (χ2n) is 3.74. The fourth-order valence-corrected chi connectivity index (χ4v) is 2.61. The van der Waals surface area contributed by atoms with Gasteiger partial charge in [-0.25, -0.2) is 0 Å². The van der Waals surface area contributed by atoms with E-state index in [4.69, 9.17) is 10.8 Å². The number of aliphatic carboxylic acids is 1. The predicted molar refractivity (Wildman–Crippen MR) is 76.0 cm³/mol. The van der Waals surface area contributed by atoms with Gasteiger partial charge >= 0.3 is 5.97 Å². The highest BCUT2D eigenvalue weighted by Gasteiger charge is 2.12. The smallest absolute Gasteiger partial charge is 0.313 e. The van der Waals surface area contributed by atoms with Crippen molar-refractivity contribution in [1.82, 2.24) is 14.8 Å². The lowest BCUT2D eigenvalue weighted by Gasteiger charge is -2.07. The second kappa shape index (κ2) is 6.07. The Bertz CT molecular complexity index is 602. The highest BCUT2D eigenvalue weighted by Crippen LogP contribution is 2.20. The number of nitrogen functional groups attached to an aromatic ring is 1. The molecule has 0 saturated heterocycles. The fourth-order valence-electron chi connectivity index (χ4n) is 1.50. The Labute approximate surface area is 122 Å². The van der Waals surface area contributed by atoms with Crippen molar-refractivity contribution in [2.75, 3.05) is 11.5 Å². The number of hydrogen-bond acceptors (Lipinski definition) is 5. The summed E-state index contributed by atoms with van der Waals surface area (Å²) in [4.78, 5) is 10.6. The largest absolute Gasteiger partial charge is 0.481 e. The first-order valence-corrected chi connectivity index (χ1v) is 7.12. The molecule has 0 spiro atoms. The first kappa shape index (κ1) is 13.9. The molecular weight excluding hydrogens is 332 g/mol. The SMILES string of the molecule is Nc1nnc(SCC(=O)O)n1Cc1cccc(Br)c1. The molecule has 8 heteroatoms. The molecule has 0 amide bonds. The summed E-state index contributed by atoms with van der Waals surface area (Å²) in [6.07, 6.45) is 0. The van der Waals surface area contributed by atoms with E-state index in [0.29, 0.717) is 11.7 Å². The molecule has 2 rings (SSSR count). The molecule has 0 aliphatic carbocycles. The number of rotatable bonds is 5. The summed E-state index contributed by atoms with van der Waals surface area (Å²) in [6.45, 7) is 0.500. The predicted octanol–water partition coefficient (Wildman–Crippen LogP) is 1.85. The van der Waals surface area contributed by atoms with Crippen LogP contribution >= 0.6 is 27.7 Å². The van der Waals surface area contributed by atoms with Crippen LogP contribution in [0.1, 0.15) is 5.56 Å². The molecule has 0 atom stereocenters. The van der Waals surface area contributed by atoms with Crippen LogP contribution < -0.4 is 5.73 Å². The number of anilines is 1. The summed E-state index contributed by atoms with van der Waals surface area (Å²) >= 11 is 4.50. The molecule has 1 heterocycles. The van der Waals surface area contributed by atoms with Gasteiger partial charge in [0.1, 0.15) is 0 Å². The van der Waals surface area contributed by atoms with E-state index in [1.807, 2.05) is 24.3 Å². The molecule has 0 radical (unpaired) electrons. The van der Waals surface area contributed by atoms with Gasteiger partial charge in [0.05, 0.1) is 12.3 Å². The van der Waals surface area contributed by atoms with Crippen LogP contribution in [-0.2, 0) is 11.3 Å². The monoisotopic (exact) mass is 342 g/mol. The zero-order chi connectivity index (χ0) is 13.8. The first-order chi connectivity index (χ1) is 9.06. The fraction of sp³-hybridized carbons (Fsp3) is 0.182. The summed E-state index contributed by atoms with van der Waals surface area (Å²) in [5.74, 6) is -0.704. The van der Waals surface area contributed by atoms with Crippen molar-refractivity contribution < 1.29 is 9.90 Å². The molecule has 2 aromatic rings. The molecule has 0 aliphatic heterocycles. The van der Waals surface area contributed by atoms with Crippen molar-refractivity contribution in [1.29, 1.82) is 0 Å². The van der Waals surface area contributed by atoms with Crippen LogP contribution in [0.25, 0.3) is 0 Å².